The number of para-hydroxylation sites is 1. The molecule has 2 aromatic heterocycles. The molecule has 160 valence electrons. The van der Waals surface area contributed by atoms with Gasteiger partial charge >= 0.3 is 6.03 Å². The van der Waals surface area contributed by atoms with Crippen LogP contribution in [-0.2, 0) is 11.2 Å². The van der Waals surface area contributed by atoms with Gasteiger partial charge in [-0.3, -0.25) is 10.1 Å². The van der Waals surface area contributed by atoms with Crippen LogP contribution in [0.4, 0.5) is 21.4 Å². The van der Waals surface area contributed by atoms with Crippen LogP contribution in [0.3, 0.4) is 0 Å². The molecular weight excluding hydrogens is 412 g/mol. The standard InChI is InChI=1S/C22H24N6O2S/c29-20(28-14-12-27(13-15-28)19-8-4-5-11-23-19)10-9-18-16-31-22(25-18)26-21(30)24-17-6-2-1-3-7-17/h1-8,11,16H,9-10,12-15H2,(H2,24,25,26,30). The third-order valence-electron chi connectivity index (χ3n) is 5.00. The summed E-state index contributed by atoms with van der Waals surface area (Å²) >= 11 is 1.35. The third-order valence-corrected chi connectivity index (χ3v) is 5.81. The summed E-state index contributed by atoms with van der Waals surface area (Å²) in [6.45, 7) is 2.95. The predicted octanol–water partition coefficient (Wildman–Crippen LogP) is 3.46. The van der Waals surface area contributed by atoms with E-state index >= 15 is 0 Å². The first kappa shape index (κ1) is 20.8. The second-order valence-electron chi connectivity index (χ2n) is 7.14. The molecule has 8 nitrogen and oxygen atoms in total. The topological polar surface area (TPSA) is 90.5 Å². The zero-order chi connectivity index (χ0) is 21.5. The van der Waals surface area contributed by atoms with Crippen LogP contribution in [0.1, 0.15) is 12.1 Å². The Morgan fingerprint density at radius 1 is 0.968 bits per heavy atom. The summed E-state index contributed by atoms with van der Waals surface area (Å²) in [7, 11) is 0. The highest BCUT2D eigenvalue weighted by Crippen LogP contribution is 2.18. The number of nitrogens with one attached hydrogen (secondary N) is 2. The number of aryl methyl sites for hydroxylation is 1. The van der Waals surface area contributed by atoms with Crippen LogP contribution >= 0.6 is 11.3 Å². The molecule has 3 heterocycles. The summed E-state index contributed by atoms with van der Waals surface area (Å²) in [5.41, 5.74) is 1.52. The Morgan fingerprint density at radius 3 is 2.48 bits per heavy atom. The van der Waals surface area contributed by atoms with Crippen molar-refractivity contribution in [3.63, 3.8) is 0 Å². The monoisotopic (exact) mass is 436 g/mol. The number of benzene rings is 1. The van der Waals surface area contributed by atoms with Crippen LogP contribution in [-0.4, -0.2) is 53.0 Å². The number of nitrogens with zero attached hydrogens (tertiary/aromatic N) is 4. The smallest absolute Gasteiger partial charge is 0.325 e. The van der Waals surface area contributed by atoms with Gasteiger partial charge in [-0.1, -0.05) is 24.3 Å². The van der Waals surface area contributed by atoms with Gasteiger partial charge < -0.3 is 15.1 Å². The van der Waals surface area contributed by atoms with Crippen molar-refractivity contribution in [2.24, 2.45) is 0 Å². The van der Waals surface area contributed by atoms with Gasteiger partial charge in [0.1, 0.15) is 5.82 Å². The minimum Gasteiger partial charge on any atom is -0.353 e. The molecule has 2 N–H and O–H groups in total. The van der Waals surface area contributed by atoms with Crippen LogP contribution < -0.4 is 15.5 Å². The van der Waals surface area contributed by atoms with Crippen LogP contribution in [0.2, 0.25) is 0 Å². The largest absolute Gasteiger partial charge is 0.353 e. The number of rotatable bonds is 6. The average Bonchev–Trinajstić information content (AvgIpc) is 3.26. The highest BCUT2D eigenvalue weighted by molar-refractivity contribution is 7.13. The minimum absolute atomic E-state index is 0.130. The summed E-state index contributed by atoms with van der Waals surface area (Å²) in [6, 6.07) is 14.8. The van der Waals surface area contributed by atoms with E-state index in [1.54, 1.807) is 6.20 Å². The number of carbonyl (C=O) groups excluding carboxylic acids is 2. The minimum atomic E-state index is -0.339. The third kappa shape index (κ3) is 5.79. The van der Waals surface area contributed by atoms with Crippen molar-refractivity contribution in [1.82, 2.24) is 14.9 Å². The van der Waals surface area contributed by atoms with E-state index < -0.39 is 0 Å². The molecule has 0 aliphatic carbocycles. The van der Waals surface area contributed by atoms with Gasteiger partial charge in [-0.05, 0) is 30.7 Å². The van der Waals surface area contributed by atoms with E-state index in [4.69, 9.17) is 0 Å². The SMILES string of the molecule is O=C(Nc1ccccc1)Nc1nc(CCC(=O)N2CCN(c3ccccn3)CC2)cs1. The number of carbonyl (C=O) groups is 2. The number of anilines is 3. The number of pyridine rings is 1. The molecule has 0 unspecified atom stereocenters. The average molecular weight is 437 g/mol. The molecule has 3 aromatic rings. The Kier molecular flexibility index (Phi) is 6.73. The molecule has 0 saturated carbocycles. The molecule has 1 aliphatic heterocycles. The Labute approximate surface area is 184 Å². The molecule has 1 saturated heterocycles. The number of hydrogen-bond donors (Lipinski definition) is 2. The Morgan fingerprint density at radius 2 is 1.74 bits per heavy atom. The van der Waals surface area contributed by atoms with Crippen molar-refractivity contribution in [3.8, 4) is 0 Å². The molecule has 1 aromatic carbocycles. The van der Waals surface area contributed by atoms with Gasteiger partial charge in [0.05, 0.1) is 5.69 Å². The molecule has 0 spiro atoms. The molecule has 31 heavy (non-hydrogen) atoms. The van der Waals surface area contributed by atoms with E-state index in [2.05, 4.69) is 25.5 Å². The van der Waals surface area contributed by atoms with Gasteiger partial charge in [0.15, 0.2) is 5.13 Å². The van der Waals surface area contributed by atoms with Crippen molar-refractivity contribution in [3.05, 3.63) is 65.8 Å². The highest BCUT2D eigenvalue weighted by Gasteiger charge is 2.21. The first-order valence-electron chi connectivity index (χ1n) is 10.2. The normalized spacial score (nSPS) is 13.7. The first-order chi connectivity index (χ1) is 15.2. The second kappa shape index (κ2) is 10.0. The fourth-order valence-corrected chi connectivity index (χ4v) is 4.12. The molecule has 1 aliphatic rings. The second-order valence-corrected chi connectivity index (χ2v) is 8.00. The van der Waals surface area contributed by atoms with Gasteiger partial charge in [0.2, 0.25) is 5.91 Å². The van der Waals surface area contributed by atoms with E-state index in [1.165, 1.54) is 11.3 Å². The van der Waals surface area contributed by atoms with Crippen LogP contribution in [0.15, 0.2) is 60.1 Å². The number of aromatic nitrogens is 2. The van der Waals surface area contributed by atoms with Crippen molar-refractivity contribution in [1.29, 1.82) is 0 Å². The van der Waals surface area contributed by atoms with Crippen molar-refractivity contribution in [2.45, 2.75) is 12.8 Å². The summed E-state index contributed by atoms with van der Waals surface area (Å²) in [5, 5.41) is 7.88. The van der Waals surface area contributed by atoms with Gasteiger partial charge in [-0.15, -0.1) is 11.3 Å². The number of urea groups is 1. The van der Waals surface area contributed by atoms with Crippen LogP contribution in [0, 0.1) is 0 Å². The molecule has 4 rings (SSSR count). The van der Waals surface area contributed by atoms with Gasteiger partial charge in [0.25, 0.3) is 0 Å². The zero-order valence-corrected chi connectivity index (χ0v) is 17.8. The maximum Gasteiger partial charge on any atom is 0.325 e. The lowest BCUT2D eigenvalue weighted by Crippen LogP contribution is -2.49. The van der Waals surface area contributed by atoms with Gasteiger partial charge in [-0.25, -0.2) is 14.8 Å². The van der Waals surface area contributed by atoms with Crippen molar-refractivity contribution < 1.29 is 9.59 Å². The maximum absolute atomic E-state index is 12.6. The number of amides is 3. The molecular formula is C22H24N6O2S. The number of thiazole rings is 1. The lowest BCUT2D eigenvalue weighted by atomic mass is 10.2. The Balaban J connectivity index is 1.21. The quantitative estimate of drug-likeness (QED) is 0.618. The van der Waals surface area contributed by atoms with E-state index in [9.17, 15) is 9.59 Å². The molecule has 1 fully saturated rings. The van der Waals surface area contributed by atoms with Crippen molar-refractivity contribution in [2.75, 3.05) is 41.7 Å². The molecule has 0 radical (unpaired) electrons. The van der Waals surface area contributed by atoms with Crippen LogP contribution in [0.5, 0.6) is 0 Å². The van der Waals surface area contributed by atoms with E-state index in [1.807, 2.05) is 58.8 Å². The van der Waals surface area contributed by atoms with Gasteiger partial charge in [0, 0.05) is 49.9 Å². The van der Waals surface area contributed by atoms with E-state index in [-0.39, 0.29) is 11.9 Å². The highest BCUT2D eigenvalue weighted by atomic mass is 32.1. The lowest BCUT2D eigenvalue weighted by Gasteiger charge is -2.35. The fourth-order valence-electron chi connectivity index (χ4n) is 3.38. The summed E-state index contributed by atoms with van der Waals surface area (Å²) in [4.78, 5) is 37.6. The lowest BCUT2D eigenvalue weighted by molar-refractivity contribution is -0.131. The Hall–Kier alpha value is -3.46. The summed E-state index contributed by atoms with van der Waals surface area (Å²) in [6.07, 6.45) is 2.75. The zero-order valence-electron chi connectivity index (χ0n) is 17.0. The van der Waals surface area contributed by atoms with E-state index in [0.29, 0.717) is 36.8 Å². The fraction of sp³-hybridized carbons (Fsp3) is 0.273. The van der Waals surface area contributed by atoms with E-state index in [0.717, 1.165) is 24.6 Å². The summed E-state index contributed by atoms with van der Waals surface area (Å²) in [5.74, 6) is 1.08. The maximum atomic E-state index is 12.6. The molecule has 9 heteroatoms. The van der Waals surface area contributed by atoms with Gasteiger partial charge in [-0.2, -0.15) is 0 Å². The predicted molar refractivity (Wildman–Crippen MR) is 123 cm³/mol. The molecule has 0 bridgehead atoms. The van der Waals surface area contributed by atoms with Crippen molar-refractivity contribution >= 4 is 39.9 Å². The van der Waals surface area contributed by atoms with Crippen LogP contribution in [0.25, 0.3) is 0 Å². The Bertz CT molecular complexity index is 1000. The number of piperazine rings is 1. The number of hydrogen-bond acceptors (Lipinski definition) is 6. The molecule has 0 atom stereocenters. The molecule has 3 amide bonds. The summed E-state index contributed by atoms with van der Waals surface area (Å²) < 4.78 is 0. The first-order valence-corrected chi connectivity index (χ1v) is 11.1.